The maximum atomic E-state index is 13.5. The molecule has 12 heteroatoms. The number of carbonyl (C=O) groups excluding carboxylic acids is 3. The normalized spacial score (nSPS) is 16.4. The number of hydrogen-bond acceptors (Lipinski definition) is 8. The van der Waals surface area contributed by atoms with Gasteiger partial charge in [0.05, 0.1) is 16.4 Å². The van der Waals surface area contributed by atoms with Gasteiger partial charge in [-0.25, -0.2) is 8.42 Å². The molecule has 1 N–H and O–H groups in total. The van der Waals surface area contributed by atoms with Gasteiger partial charge in [0.1, 0.15) is 17.0 Å². The van der Waals surface area contributed by atoms with E-state index in [1.54, 1.807) is 31.3 Å². The summed E-state index contributed by atoms with van der Waals surface area (Å²) in [6.45, 7) is 4.57. The molecule has 4 rings (SSSR count). The number of fused-ring (bicyclic) bond motifs is 1. The quantitative estimate of drug-likeness (QED) is 0.469. The van der Waals surface area contributed by atoms with E-state index in [2.05, 4.69) is 10.4 Å². The predicted molar refractivity (Wildman–Crippen MR) is 137 cm³/mol. The third-order valence-corrected chi connectivity index (χ3v) is 10.5. The van der Waals surface area contributed by atoms with E-state index in [9.17, 15) is 22.8 Å². The van der Waals surface area contributed by atoms with Crippen LogP contribution in [0.5, 0.6) is 0 Å². The molecule has 0 bridgehead atoms. The first-order valence-corrected chi connectivity index (χ1v) is 13.8. The predicted octanol–water partition coefficient (Wildman–Crippen LogP) is 1.51. The zero-order chi connectivity index (χ0) is 27.9. The molecule has 0 unspecified atom stereocenters. The number of benzene rings is 1. The summed E-state index contributed by atoms with van der Waals surface area (Å²) in [6, 6.07) is 8.89. The highest BCUT2D eigenvalue weighted by Gasteiger charge is 2.61. The first-order valence-electron chi connectivity index (χ1n) is 12.3. The highest BCUT2D eigenvalue weighted by atomic mass is 32.2. The molecular formula is C26H31N5O6S. The summed E-state index contributed by atoms with van der Waals surface area (Å²) in [5.74, 6) is -1.34. The molecule has 0 spiro atoms. The molecule has 0 radical (unpaired) electrons. The Morgan fingerprint density at radius 1 is 1.24 bits per heavy atom. The third kappa shape index (κ3) is 4.90. The molecule has 1 fully saturated rings. The van der Waals surface area contributed by atoms with Gasteiger partial charge in [-0.2, -0.15) is 10.4 Å². The minimum absolute atomic E-state index is 0.0303. The van der Waals surface area contributed by atoms with Crippen molar-refractivity contribution in [1.29, 1.82) is 5.26 Å². The van der Waals surface area contributed by atoms with Crippen molar-refractivity contribution in [3.8, 4) is 6.07 Å². The Kier molecular flexibility index (Phi) is 7.09. The second kappa shape index (κ2) is 9.87. The van der Waals surface area contributed by atoms with Crippen molar-refractivity contribution in [2.24, 2.45) is 7.05 Å². The Labute approximate surface area is 221 Å². The lowest BCUT2D eigenvalue weighted by molar-refractivity contribution is -0.141. The second-order valence-corrected chi connectivity index (χ2v) is 13.5. The lowest BCUT2D eigenvalue weighted by atomic mass is 10.0. The van der Waals surface area contributed by atoms with Crippen LogP contribution < -0.4 is 5.32 Å². The highest BCUT2D eigenvalue weighted by molar-refractivity contribution is 7.94. The number of esters is 1. The fraction of sp³-hybridized carbons (Fsp3) is 0.500. The van der Waals surface area contributed by atoms with Gasteiger partial charge in [-0.1, -0.05) is 12.1 Å². The zero-order valence-corrected chi connectivity index (χ0v) is 22.7. The van der Waals surface area contributed by atoms with E-state index in [0.29, 0.717) is 30.4 Å². The van der Waals surface area contributed by atoms with Crippen LogP contribution in [0.25, 0.3) is 0 Å². The number of aryl methyl sites for hydroxylation is 1. The largest absolute Gasteiger partial charge is 0.464 e. The van der Waals surface area contributed by atoms with Gasteiger partial charge in [0.25, 0.3) is 11.8 Å². The summed E-state index contributed by atoms with van der Waals surface area (Å²) in [6.07, 6.45) is 1.20. The van der Waals surface area contributed by atoms with Crippen molar-refractivity contribution >= 4 is 27.6 Å². The summed E-state index contributed by atoms with van der Waals surface area (Å²) in [7, 11) is -2.17. The van der Waals surface area contributed by atoms with Gasteiger partial charge in [0.2, 0.25) is 0 Å². The van der Waals surface area contributed by atoms with E-state index < -0.39 is 31.2 Å². The topological polar surface area (TPSA) is 151 Å². The van der Waals surface area contributed by atoms with Crippen molar-refractivity contribution in [2.45, 2.75) is 56.1 Å². The molecule has 1 aromatic carbocycles. The number of nitrogens with one attached hydrogen (secondary N) is 1. The van der Waals surface area contributed by atoms with Crippen molar-refractivity contribution in [2.75, 3.05) is 19.7 Å². The van der Waals surface area contributed by atoms with Crippen LogP contribution in [0.4, 0.5) is 0 Å². The van der Waals surface area contributed by atoms with Crippen LogP contribution in [0.1, 0.15) is 71.3 Å². The van der Waals surface area contributed by atoms with Crippen molar-refractivity contribution in [1.82, 2.24) is 20.0 Å². The zero-order valence-electron chi connectivity index (χ0n) is 21.9. The molecule has 2 aliphatic rings. The smallest absolute Gasteiger partial charge is 0.302 e. The van der Waals surface area contributed by atoms with Crippen LogP contribution in [0.15, 0.2) is 24.3 Å². The summed E-state index contributed by atoms with van der Waals surface area (Å²) in [5.41, 5.74) is 2.31. The number of sulfone groups is 1. The maximum Gasteiger partial charge on any atom is 0.302 e. The standard InChI is InChI=1S/C26H31N5O6S/c1-17(32)37-16-25(2,3)38(35,36)26(10-11-26)15-31-12-9-20-21(29-30(4)22(20)24(31)34)23(33)28-14-19-7-5-18(13-27)6-8-19/h5-8H,9-12,14-16H2,1-4H3,(H,28,33). The molecule has 2 heterocycles. The molecule has 2 amide bonds. The molecule has 11 nitrogen and oxygen atoms in total. The molecule has 0 saturated heterocycles. The van der Waals surface area contributed by atoms with E-state index in [0.717, 1.165) is 5.56 Å². The molecule has 1 aromatic heterocycles. The fourth-order valence-corrected chi connectivity index (χ4v) is 7.16. The Bertz CT molecular complexity index is 1430. The summed E-state index contributed by atoms with van der Waals surface area (Å²) in [5, 5.41) is 16.0. The Balaban J connectivity index is 1.48. The monoisotopic (exact) mass is 541 g/mol. The number of ether oxygens (including phenoxy) is 1. The lowest BCUT2D eigenvalue weighted by Gasteiger charge is -2.35. The number of aromatic nitrogens is 2. The van der Waals surface area contributed by atoms with Gasteiger partial charge in [-0.15, -0.1) is 0 Å². The molecule has 202 valence electrons. The average molecular weight is 542 g/mol. The van der Waals surface area contributed by atoms with Gasteiger partial charge in [-0.3, -0.25) is 19.1 Å². The first kappa shape index (κ1) is 27.3. The van der Waals surface area contributed by atoms with E-state index in [1.807, 2.05) is 6.07 Å². The Morgan fingerprint density at radius 2 is 1.89 bits per heavy atom. The van der Waals surface area contributed by atoms with Gasteiger partial charge < -0.3 is 15.0 Å². The minimum atomic E-state index is -3.75. The van der Waals surface area contributed by atoms with E-state index in [4.69, 9.17) is 10.00 Å². The van der Waals surface area contributed by atoms with Crippen molar-refractivity contribution < 1.29 is 27.5 Å². The number of nitriles is 1. The van der Waals surface area contributed by atoms with Crippen LogP contribution in [-0.4, -0.2) is 70.1 Å². The van der Waals surface area contributed by atoms with Crippen LogP contribution in [0, 0.1) is 11.3 Å². The van der Waals surface area contributed by atoms with Crippen molar-refractivity contribution in [3.05, 3.63) is 52.3 Å². The second-order valence-electron chi connectivity index (χ2n) is 10.5. The van der Waals surface area contributed by atoms with Gasteiger partial charge >= 0.3 is 5.97 Å². The van der Waals surface area contributed by atoms with E-state index in [-0.39, 0.29) is 43.5 Å². The SMILES string of the molecule is CC(=O)OCC(C)(C)S(=O)(=O)C1(CN2CCc3c(C(=O)NCc4ccc(C#N)cc4)nn(C)c3C2=O)CC1. The van der Waals surface area contributed by atoms with Crippen LogP contribution in [-0.2, 0) is 39.4 Å². The molecule has 1 aliphatic carbocycles. The minimum Gasteiger partial charge on any atom is -0.464 e. The van der Waals surface area contributed by atoms with Crippen LogP contribution in [0.2, 0.25) is 0 Å². The van der Waals surface area contributed by atoms with E-state index in [1.165, 1.54) is 30.4 Å². The average Bonchev–Trinajstić information content (AvgIpc) is 3.59. The van der Waals surface area contributed by atoms with E-state index >= 15 is 0 Å². The Hall–Kier alpha value is -3.72. The summed E-state index contributed by atoms with van der Waals surface area (Å²) < 4.78 is 31.1. The number of amides is 2. The number of carbonyl (C=O) groups is 3. The summed E-state index contributed by atoms with van der Waals surface area (Å²) in [4.78, 5) is 39.2. The first-order chi connectivity index (χ1) is 17.8. The maximum absolute atomic E-state index is 13.5. The van der Waals surface area contributed by atoms with Crippen LogP contribution in [0.3, 0.4) is 0 Å². The highest BCUT2D eigenvalue weighted by Crippen LogP contribution is 2.49. The van der Waals surface area contributed by atoms with Gasteiger partial charge in [0.15, 0.2) is 15.5 Å². The third-order valence-electron chi connectivity index (χ3n) is 7.23. The van der Waals surface area contributed by atoms with Crippen LogP contribution >= 0.6 is 0 Å². The number of nitrogens with zero attached hydrogens (tertiary/aromatic N) is 4. The fourth-order valence-electron chi connectivity index (χ4n) is 4.80. The van der Waals surface area contributed by atoms with Crippen molar-refractivity contribution in [3.63, 3.8) is 0 Å². The molecule has 1 aliphatic heterocycles. The molecule has 1 saturated carbocycles. The number of hydrogen-bond donors (Lipinski definition) is 1. The van der Waals surface area contributed by atoms with Gasteiger partial charge in [0, 0.05) is 39.2 Å². The lowest BCUT2D eigenvalue weighted by Crippen LogP contribution is -2.52. The number of rotatable bonds is 9. The Morgan fingerprint density at radius 3 is 2.47 bits per heavy atom. The molecular weight excluding hydrogens is 510 g/mol. The molecule has 0 atom stereocenters. The summed E-state index contributed by atoms with van der Waals surface area (Å²) >= 11 is 0. The van der Waals surface area contributed by atoms with Gasteiger partial charge in [-0.05, 0) is 50.8 Å². The molecule has 2 aromatic rings. The molecule has 38 heavy (non-hydrogen) atoms.